The van der Waals surface area contributed by atoms with Crippen LogP contribution in [0.5, 0.6) is 5.75 Å². The molecule has 1 saturated heterocycles. The third kappa shape index (κ3) is 3.37. The minimum atomic E-state index is -4.43. The van der Waals surface area contributed by atoms with Gasteiger partial charge in [0.15, 0.2) is 0 Å². The predicted molar refractivity (Wildman–Crippen MR) is 93.3 cm³/mol. The van der Waals surface area contributed by atoms with E-state index in [1.165, 1.54) is 6.07 Å². The molecule has 2 aliphatic rings. The van der Waals surface area contributed by atoms with E-state index in [4.69, 9.17) is 4.74 Å². The number of hydrogen-bond acceptors (Lipinski definition) is 4. The lowest BCUT2D eigenvalue weighted by Gasteiger charge is -2.45. The van der Waals surface area contributed by atoms with Crippen molar-refractivity contribution < 1.29 is 28.1 Å². The molecule has 7 heteroatoms. The molecule has 2 aliphatic heterocycles. The first-order valence-electron chi connectivity index (χ1n) is 8.90. The number of benzene rings is 2. The SMILES string of the molecule is OC[C@H]1CC[C@@H]2[C@H](O1)c1cc(C(F)(F)F)ccc1N[C@H]2c1ccc(O)cc1. The summed E-state index contributed by atoms with van der Waals surface area (Å²) < 4.78 is 45.5. The molecule has 0 spiro atoms. The Morgan fingerprint density at radius 2 is 1.81 bits per heavy atom. The minimum absolute atomic E-state index is 0.0756. The number of anilines is 1. The lowest BCUT2D eigenvalue weighted by molar-refractivity contribution is -0.138. The van der Waals surface area contributed by atoms with Crippen molar-refractivity contribution in [2.24, 2.45) is 5.92 Å². The van der Waals surface area contributed by atoms with Crippen LogP contribution in [0.1, 0.15) is 41.7 Å². The maximum absolute atomic E-state index is 13.2. The van der Waals surface area contributed by atoms with Gasteiger partial charge in [-0.1, -0.05) is 12.1 Å². The van der Waals surface area contributed by atoms with Gasteiger partial charge in [-0.3, -0.25) is 0 Å². The van der Waals surface area contributed by atoms with Gasteiger partial charge in [0.05, 0.1) is 30.4 Å². The van der Waals surface area contributed by atoms with Crippen LogP contribution in [0, 0.1) is 5.92 Å². The number of phenolic OH excluding ortho intramolecular Hbond substituents is 1. The third-order valence-corrected chi connectivity index (χ3v) is 5.43. The molecule has 2 aromatic rings. The van der Waals surface area contributed by atoms with E-state index >= 15 is 0 Å². The summed E-state index contributed by atoms with van der Waals surface area (Å²) in [6.07, 6.45) is -3.99. The van der Waals surface area contributed by atoms with Crippen LogP contribution >= 0.6 is 0 Å². The number of hydrogen-bond donors (Lipinski definition) is 3. The van der Waals surface area contributed by atoms with E-state index < -0.39 is 17.8 Å². The number of fused-ring (bicyclic) bond motifs is 3. The van der Waals surface area contributed by atoms with Crippen LogP contribution in [-0.4, -0.2) is 22.9 Å². The second-order valence-electron chi connectivity index (χ2n) is 7.12. The number of halogens is 3. The normalized spacial score (nSPS) is 27.4. The Morgan fingerprint density at radius 3 is 2.48 bits per heavy atom. The first kappa shape index (κ1) is 18.1. The van der Waals surface area contributed by atoms with Crippen LogP contribution < -0.4 is 5.32 Å². The molecular weight excluding hydrogens is 359 g/mol. The van der Waals surface area contributed by atoms with Crippen molar-refractivity contribution in [1.29, 1.82) is 0 Å². The Labute approximate surface area is 154 Å². The maximum atomic E-state index is 13.2. The van der Waals surface area contributed by atoms with E-state index in [2.05, 4.69) is 5.32 Å². The van der Waals surface area contributed by atoms with E-state index in [9.17, 15) is 23.4 Å². The standard InChI is InChI=1S/C20H20F3NO3/c21-20(22,23)12-3-8-17-16(9-12)19-15(7-6-14(10-25)27-19)18(24-17)11-1-4-13(26)5-2-11/h1-5,8-9,14-15,18-19,24-26H,6-7,10H2/t14-,15+,18+,19+/m1/s1. The Bertz CT molecular complexity index is 822. The van der Waals surface area contributed by atoms with Gasteiger partial charge in [0.1, 0.15) is 5.75 Å². The molecule has 1 fully saturated rings. The number of alkyl halides is 3. The predicted octanol–water partition coefficient (Wildman–Crippen LogP) is 4.41. The van der Waals surface area contributed by atoms with E-state index in [1.807, 2.05) is 0 Å². The zero-order chi connectivity index (χ0) is 19.2. The molecule has 4 rings (SSSR count). The van der Waals surface area contributed by atoms with E-state index in [0.717, 1.165) is 17.7 Å². The van der Waals surface area contributed by atoms with Gasteiger partial charge < -0.3 is 20.3 Å². The molecule has 3 N–H and O–H groups in total. The minimum Gasteiger partial charge on any atom is -0.508 e. The average molecular weight is 379 g/mol. The monoisotopic (exact) mass is 379 g/mol. The van der Waals surface area contributed by atoms with Crippen molar-refractivity contribution in [3.8, 4) is 5.75 Å². The average Bonchev–Trinajstić information content (AvgIpc) is 2.66. The molecule has 4 atom stereocenters. The Balaban J connectivity index is 1.76. The molecule has 0 radical (unpaired) electrons. The van der Waals surface area contributed by atoms with Crippen LogP contribution in [0.25, 0.3) is 0 Å². The molecule has 0 unspecified atom stereocenters. The Morgan fingerprint density at radius 1 is 1.07 bits per heavy atom. The van der Waals surface area contributed by atoms with Gasteiger partial charge in [-0.2, -0.15) is 13.2 Å². The summed E-state index contributed by atoms with van der Waals surface area (Å²) in [5, 5.41) is 22.4. The zero-order valence-corrected chi connectivity index (χ0v) is 14.4. The maximum Gasteiger partial charge on any atom is 0.416 e. The lowest BCUT2D eigenvalue weighted by Crippen LogP contribution is -2.40. The molecule has 0 bridgehead atoms. The highest BCUT2D eigenvalue weighted by molar-refractivity contribution is 5.58. The first-order chi connectivity index (χ1) is 12.9. The molecule has 27 heavy (non-hydrogen) atoms. The number of aliphatic hydroxyl groups excluding tert-OH is 1. The second-order valence-corrected chi connectivity index (χ2v) is 7.12. The fourth-order valence-corrected chi connectivity index (χ4v) is 4.08. The second kappa shape index (κ2) is 6.73. The van der Waals surface area contributed by atoms with E-state index in [-0.39, 0.29) is 30.4 Å². The molecule has 0 aromatic heterocycles. The number of aromatic hydroxyl groups is 1. The summed E-state index contributed by atoms with van der Waals surface area (Å²) >= 11 is 0. The van der Waals surface area contributed by atoms with Gasteiger partial charge in [-0.05, 0) is 48.7 Å². The summed E-state index contributed by atoms with van der Waals surface area (Å²) in [6, 6.07) is 10.3. The summed E-state index contributed by atoms with van der Waals surface area (Å²) in [7, 11) is 0. The molecule has 0 aliphatic carbocycles. The van der Waals surface area contributed by atoms with Gasteiger partial charge in [0, 0.05) is 17.2 Å². The number of aliphatic hydroxyl groups is 1. The summed E-state index contributed by atoms with van der Waals surface area (Å²) in [5.74, 6) is 0.0786. The highest BCUT2D eigenvalue weighted by Gasteiger charge is 2.43. The van der Waals surface area contributed by atoms with Crippen molar-refractivity contribution in [2.45, 2.75) is 37.3 Å². The van der Waals surface area contributed by atoms with Gasteiger partial charge in [-0.15, -0.1) is 0 Å². The van der Waals surface area contributed by atoms with Crippen LogP contribution in [0.2, 0.25) is 0 Å². The number of nitrogens with one attached hydrogen (secondary N) is 1. The van der Waals surface area contributed by atoms with Crippen LogP contribution in [0.3, 0.4) is 0 Å². The Kier molecular flexibility index (Phi) is 4.52. The van der Waals surface area contributed by atoms with Crippen molar-refractivity contribution in [3.63, 3.8) is 0 Å². The number of phenols is 1. The molecule has 0 saturated carbocycles. The van der Waals surface area contributed by atoms with Crippen molar-refractivity contribution in [3.05, 3.63) is 59.2 Å². The van der Waals surface area contributed by atoms with Crippen molar-refractivity contribution in [2.75, 3.05) is 11.9 Å². The topological polar surface area (TPSA) is 61.7 Å². The molecule has 0 amide bonds. The quantitative estimate of drug-likeness (QED) is 0.724. The number of ether oxygens (including phenoxy) is 1. The van der Waals surface area contributed by atoms with E-state index in [1.54, 1.807) is 24.3 Å². The van der Waals surface area contributed by atoms with Crippen LogP contribution in [-0.2, 0) is 10.9 Å². The zero-order valence-electron chi connectivity index (χ0n) is 14.4. The van der Waals surface area contributed by atoms with Crippen LogP contribution in [0.4, 0.5) is 18.9 Å². The van der Waals surface area contributed by atoms with Gasteiger partial charge in [0.2, 0.25) is 0 Å². The molecule has 2 aromatic carbocycles. The lowest BCUT2D eigenvalue weighted by atomic mass is 9.76. The summed E-state index contributed by atoms with van der Waals surface area (Å²) in [6.45, 7) is -0.158. The van der Waals surface area contributed by atoms with Gasteiger partial charge >= 0.3 is 6.18 Å². The fourth-order valence-electron chi connectivity index (χ4n) is 4.08. The third-order valence-electron chi connectivity index (χ3n) is 5.43. The smallest absolute Gasteiger partial charge is 0.416 e. The van der Waals surface area contributed by atoms with E-state index in [0.29, 0.717) is 24.1 Å². The van der Waals surface area contributed by atoms with Crippen molar-refractivity contribution in [1.82, 2.24) is 0 Å². The highest BCUT2D eigenvalue weighted by atomic mass is 19.4. The summed E-state index contributed by atoms with van der Waals surface area (Å²) in [4.78, 5) is 0. The molecule has 144 valence electrons. The highest BCUT2D eigenvalue weighted by Crippen LogP contribution is 2.51. The molecule has 2 heterocycles. The molecular formula is C20H20F3NO3. The fraction of sp³-hybridized carbons (Fsp3) is 0.400. The van der Waals surface area contributed by atoms with Gasteiger partial charge in [0.25, 0.3) is 0 Å². The number of rotatable bonds is 2. The van der Waals surface area contributed by atoms with Gasteiger partial charge in [-0.25, -0.2) is 0 Å². The molecule has 4 nitrogen and oxygen atoms in total. The van der Waals surface area contributed by atoms with Crippen LogP contribution in [0.15, 0.2) is 42.5 Å². The Hall–Kier alpha value is -2.25. The largest absolute Gasteiger partial charge is 0.508 e. The van der Waals surface area contributed by atoms with Crippen molar-refractivity contribution >= 4 is 5.69 Å². The summed E-state index contributed by atoms with van der Waals surface area (Å²) in [5.41, 5.74) is 1.29. The first-order valence-corrected chi connectivity index (χ1v) is 8.90.